The third kappa shape index (κ3) is 4.25. The average molecular weight is 257 g/mol. The van der Waals surface area contributed by atoms with Gasteiger partial charge in [-0.05, 0) is 26.2 Å². The highest BCUT2D eigenvalue weighted by atomic mass is 16.5. The fraction of sp³-hybridized carbons (Fsp3) is 0.917. The molecule has 1 saturated carbocycles. The molecule has 0 spiro atoms. The molecule has 0 radical (unpaired) electrons. The summed E-state index contributed by atoms with van der Waals surface area (Å²) in [5, 5.41) is 9.27. The summed E-state index contributed by atoms with van der Waals surface area (Å²) in [6.45, 7) is 1.93. The molecule has 1 aliphatic carbocycles. The molecule has 6 nitrogen and oxygen atoms in total. The van der Waals surface area contributed by atoms with Crippen LogP contribution in [0.15, 0.2) is 10.3 Å². The fourth-order valence-electron chi connectivity index (χ4n) is 2.23. The Bertz CT molecular complexity index is 296. The van der Waals surface area contributed by atoms with Crippen LogP contribution in [0.3, 0.4) is 0 Å². The first-order valence-electron chi connectivity index (χ1n) is 6.34. The number of hydrogen-bond acceptors (Lipinski definition) is 5. The van der Waals surface area contributed by atoms with Crippen molar-refractivity contribution >= 4 is 5.97 Å². The van der Waals surface area contributed by atoms with Crippen molar-refractivity contribution in [1.29, 1.82) is 0 Å². The van der Waals surface area contributed by atoms with E-state index in [4.69, 9.17) is 9.47 Å². The van der Waals surface area contributed by atoms with Gasteiger partial charge in [-0.25, -0.2) is 0 Å². The van der Waals surface area contributed by atoms with E-state index in [0.717, 1.165) is 25.7 Å². The van der Waals surface area contributed by atoms with Crippen LogP contribution < -0.4 is 0 Å². The summed E-state index contributed by atoms with van der Waals surface area (Å²) in [5.74, 6) is -0.156. The van der Waals surface area contributed by atoms with E-state index in [1.54, 1.807) is 12.1 Å². The van der Waals surface area contributed by atoms with E-state index in [9.17, 15) is 4.79 Å². The third-order valence-electron chi connectivity index (χ3n) is 3.31. The summed E-state index contributed by atoms with van der Waals surface area (Å²) in [6.07, 6.45) is 3.55. The van der Waals surface area contributed by atoms with Crippen molar-refractivity contribution in [2.24, 2.45) is 16.3 Å². The van der Waals surface area contributed by atoms with E-state index < -0.39 is 0 Å². The summed E-state index contributed by atoms with van der Waals surface area (Å²) < 4.78 is 10.7. The van der Waals surface area contributed by atoms with E-state index in [-0.39, 0.29) is 24.2 Å². The van der Waals surface area contributed by atoms with Crippen molar-refractivity contribution in [3.63, 3.8) is 0 Å². The monoisotopic (exact) mass is 257 g/mol. The maximum atomic E-state index is 11.5. The second kappa shape index (κ2) is 7.31. The van der Waals surface area contributed by atoms with Crippen molar-refractivity contribution in [2.75, 3.05) is 21.2 Å². The Labute approximate surface area is 108 Å². The minimum Gasteiger partial charge on any atom is -0.469 e. The molecule has 1 fully saturated rings. The normalized spacial score (nSPS) is 26.0. The van der Waals surface area contributed by atoms with Crippen LogP contribution in [0.5, 0.6) is 0 Å². The van der Waals surface area contributed by atoms with Crippen molar-refractivity contribution in [3.05, 3.63) is 0 Å². The van der Waals surface area contributed by atoms with Crippen LogP contribution in [0.25, 0.3) is 0 Å². The van der Waals surface area contributed by atoms with E-state index in [1.165, 1.54) is 7.11 Å². The van der Waals surface area contributed by atoms with Gasteiger partial charge in [-0.15, -0.1) is 0 Å². The zero-order valence-corrected chi connectivity index (χ0v) is 11.6. The maximum absolute atomic E-state index is 11.5. The summed E-state index contributed by atoms with van der Waals surface area (Å²) in [6, 6.07) is 0. The zero-order chi connectivity index (χ0) is 13.5. The molecule has 0 saturated heterocycles. The van der Waals surface area contributed by atoms with Gasteiger partial charge in [-0.2, -0.15) is 5.11 Å². The van der Waals surface area contributed by atoms with Gasteiger partial charge in [0.2, 0.25) is 0 Å². The zero-order valence-electron chi connectivity index (χ0n) is 11.6. The lowest BCUT2D eigenvalue weighted by Gasteiger charge is -2.31. The maximum Gasteiger partial charge on any atom is 0.308 e. The smallest absolute Gasteiger partial charge is 0.308 e. The molecule has 1 rings (SSSR count). The Kier molecular flexibility index (Phi) is 6.04. The number of nitrogens with zero attached hydrogens (tertiary/aromatic N) is 3. The van der Waals surface area contributed by atoms with Crippen LogP contribution in [-0.4, -0.2) is 44.5 Å². The summed E-state index contributed by atoms with van der Waals surface area (Å²) in [5.41, 5.74) is 0. The lowest BCUT2D eigenvalue weighted by atomic mass is 9.87. The molecule has 3 atom stereocenters. The van der Waals surface area contributed by atoms with Gasteiger partial charge in [0.1, 0.15) is 6.23 Å². The van der Waals surface area contributed by atoms with Crippen LogP contribution in [0.4, 0.5) is 0 Å². The van der Waals surface area contributed by atoms with Crippen molar-refractivity contribution < 1.29 is 14.3 Å². The molecule has 1 unspecified atom stereocenters. The standard InChI is InChI=1S/C12H23N3O3/c1-9(15(3)14-13-2)18-11-7-5-6-10(8-11)12(16)17-4/h9-11H,5-8H2,1-4H3/t9?,10-,11-/m0/s1. The van der Waals surface area contributed by atoms with Crippen LogP contribution in [0, 0.1) is 5.92 Å². The van der Waals surface area contributed by atoms with Crippen molar-refractivity contribution in [2.45, 2.75) is 44.9 Å². The van der Waals surface area contributed by atoms with Gasteiger partial charge >= 0.3 is 5.97 Å². The molecule has 0 aromatic rings. The number of carbonyl (C=O) groups excluding carboxylic acids is 1. The molecule has 0 aromatic carbocycles. The van der Waals surface area contributed by atoms with Crippen molar-refractivity contribution in [3.8, 4) is 0 Å². The molecule has 1 aliphatic rings. The van der Waals surface area contributed by atoms with E-state index in [0.29, 0.717) is 0 Å². The Morgan fingerprint density at radius 1 is 1.44 bits per heavy atom. The molecular formula is C12H23N3O3. The highest BCUT2D eigenvalue weighted by Crippen LogP contribution is 2.28. The predicted molar refractivity (Wildman–Crippen MR) is 66.9 cm³/mol. The first kappa shape index (κ1) is 14.9. The first-order chi connectivity index (χ1) is 8.58. The van der Waals surface area contributed by atoms with E-state index in [1.807, 2.05) is 14.0 Å². The second-order valence-corrected chi connectivity index (χ2v) is 4.61. The summed E-state index contributed by atoms with van der Waals surface area (Å²) in [7, 11) is 4.88. The van der Waals surface area contributed by atoms with Gasteiger partial charge in [0.05, 0.1) is 26.2 Å². The molecule has 0 aliphatic heterocycles. The van der Waals surface area contributed by atoms with Crippen LogP contribution in [-0.2, 0) is 14.3 Å². The number of ether oxygens (including phenoxy) is 2. The van der Waals surface area contributed by atoms with Crippen LogP contribution >= 0.6 is 0 Å². The molecular weight excluding hydrogens is 234 g/mol. The number of hydrogen-bond donors (Lipinski definition) is 0. The predicted octanol–water partition coefficient (Wildman–Crippen LogP) is 2.01. The second-order valence-electron chi connectivity index (χ2n) is 4.61. The van der Waals surface area contributed by atoms with Gasteiger partial charge in [-0.3, -0.25) is 9.80 Å². The molecule has 0 bridgehead atoms. The quantitative estimate of drug-likeness (QED) is 0.327. The lowest BCUT2D eigenvalue weighted by Crippen LogP contribution is -2.35. The Morgan fingerprint density at radius 3 is 2.78 bits per heavy atom. The largest absolute Gasteiger partial charge is 0.469 e. The lowest BCUT2D eigenvalue weighted by molar-refractivity contribution is -0.151. The molecule has 6 heteroatoms. The number of methoxy groups -OCH3 is 1. The van der Waals surface area contributed by atoms with Gasteiger partial charge in [0, 0.05) is 7.05 Å². The van der Waals surface area contributed by atoms with E-state index in [2.05, 4.69) is 10.3 Å². The highest BCUT2D eigenvalue weighted by Gasteiger charge is 2.29. The Morgan fingerprint density at radius 2 is 2.17 bits per heavy atom. The van der Waals surface area contributed by atoms with Gasteiger partial charge in [-0.1, -0.05) is 11.6 Å². The molecule has 18 heavy (non-hydrogen) atoms. The minimum atomic E-state index is -0.143. The number of rotatable bonds is 5. The van der Waals surface area contributed by atoms with Crippen LogP contribution in [0.1, 0.15) is 32.6 Å². The number of carbonyl (C=O) groups is 1. The Hall–Kier alpha value is -1.17. The fourth-order valence-corrected chi connectivity index (χ4v) is 2.23. The molecule has 0 amide bonds. The third-order valence-corrected chi connectivity index (χ3v) is 3.31. The minimum absolute atomic E-state index is 0.0287. The topological polar surface area (TPSA) is 63.5 Å². The van der Waals surface area contributed by atoms with Gasteiger partial charge in [0.25, 0.3) is 0 Å². The summed E-state index contributed by atoms with van der Waals surface area (Å²) >= 11 is 0. The highest BCUT2D eigenvalue weighted by molar-refractivity contribution is 5.72. The number of esters is 1. The Balaban J connectivity index is 2.44. The molecule has 0 heterocycles. The molecule has 104 valence electrons. The first-order valence-corrected chi connectivity index (χ1v) is 6.34. The molecule has 0 aromatic heterocycles. The summed E-state index contributed by atoms with van der Waals surface area (Å²) in [4.78, 5) is 11.5. The van der Waals surface area contributed by atoms with Gasteiger partial charge in [0.15, 0.2) is 0 Å². The van der Waals surface area contributed by atoms with Crippen LogP contribution in [0.2, 0.25) is 0 Å². The van der Waals surface area contributed by atoms with E-state index >= 15 is 0 Å². The molecule has 0 N–H and O–H groups in total. The van der Waals surface area contributed by atoms with Gasteiger partial charge < -0.3 is 9.47 Å². The SMILES string of the molecule is CN=NN(C)C(C)O[C@H]1CCC[C@H](C(=O)OC)C1. The van der Waals surface area contributed by atoms with Crippen molar-refractivity contribution in [1.82, 2.24) is 5.01 Å². The average Bonchev–Trinajstić information content (AvgIpc) is 2.38.